The van der Waals surface area contributed by atoms with E-state index in [4.69, 9.17) is 0 Å². The van der Waals surface area contributed by atoms with Crippen LogP contribution in [-0.4, -0.2) is 0 Å². The molecule has 2 aliphatic rings. The van der Waals surface area contributed by atoms with Crippen LogP contribution in [0.1, 0.15) is 51.9 Å². The van der Waals surface area contributed by atoms with Crippen LogP contribution in [0, 0.1) is 17.8 Å². The molecule has 0 aliphatic heterocycles. The van der Waals surface area contributed by atoms with E-state index in [2.05, 4.69) is 13.5 Å². The molecule has 2 rings (SSSR count). The van der Waals surface area contributed by atoms with Gasteiger partial charge in [-0.3, -0.25) is 0 Å². The lowest BCUT2D eigenvalue weighted by Crippen LogP contribution is -2.09. The third kappa shape index (κ3) is 2.36. The Hall–Kier alpha value is -0.260. The van der Waals surface area contributed by atoms with Crippen LogP contribution in [0.3, 0.4) is 0 Å². The standard InChI is InChI=1S/C13H22/c1-10-5-3-7-12(8-4-6-10)13-9-11(13)2/h10,12-13H,2-9H2,1H3. The summed E-state index contributed by atoms with van der Waals surface area (Å²) in [5, 5.41) is 0. The molecule has 0 aromatic carbocycles. The first-order valence-corrected chi connectivity index (χ1v) is 5.95. The van der Waals surface area contributed by atoms with E-state index in [0.717, 1.165) is 17.8 Å². The summed E-state index contributed by atoms with van der Waals surface area (Å²) in [6.45, 7) is 6.51. The molecule has 0 aromatic rings. The minimum atomic E-state index is 0.938. The fourth-order valence-electron chi connectivity index (χ4n) is 2.87. The molecule has 0 heterocycles. The van der Waals surface area contributed by atoms with E-state index in [9.17, 15) is 0 Å². The molecule has 0 heteroatoms. The van der Waals surface area contributed by atoms with Crippen molar-refractivity contribution in [3.05, 3.63) is 12.2 Å². The molecule has 13 heavy (non-hydrogen) atoms. The summed E-state index contributed by atoms with van der Waals surface area (Å²) in [4.78, 5) is 0. The molecule has 0 spiro atoms. The predicted molar refractivity (Wildman–Crippen MR) is 57.6 cm³/mol. The van der Waals surface area contributed by atoms with Gasteiger partial charge in [0.2, 0.25) is 0 Å². The lowest BCUT2D eigenvalue weighted by Gasteiger charge is -2.22. The lowest BCUT2D eigenvalue weighted by molar-refractivity contribution is 0.311. The Labute approximate surface area is 82.4 Å². The predicted octanol–water partition coefficient (Wildman–Crippen LogP) is 4.17. The Morgan fingerprint density at radius 3 is 2.08 bits per heavy atom. The highest BCUT2D eigenvalue weighted by Crippen LogP contribution is 2.47. The van der Waals surface area contributed by atoms with Crippen molar-refractivity contribution >= 4 is 0 Å². The molecule has 74 valence electrons. The van der Waals surface area contributed by atoms with Crippen LogP contribution < -0.4 is 0 Å². The van der Waals surface area contributed by atoms with Gasteiger partial charge < -0.3 is 0 Å². The van der Waals surface area contributed by atoms with E-state index in [1.54, 1.807) is 5.57 Å². The second kappa shape index (κ2) is 3.86. The fourth-order valence-corrected chi connectivity index (χ4v) is 2.87. The number of hydrogen-bond acceptors (Lipinski definition) is 0. The molecular weight excluding hydrogens is 156 g/mol. The molecule has 0 saturated heterocycles. The first-order chi connectivity index (χ1) is 6.27. The van der Waals surface area contributed by atoms with Crippen LogP contribution in [0.25, 0.3) is 0 Å². The fraction of sp³-hybridized carbons (Fsp3) is 0.846. The first-order valence-electron chi connectivity index (χ1n) is 5.95. The van der Waals surface area contributed by atoms with Crippen molar-refractivity contribution in [3.8, 4) is 0 Å². The highest BCUT2D eigenvalue weighted by Gasteiger charge is 2.35. The van der Waals surface area contributed by atoms with E-state index in [1.807, 2.05) is 0 Å². The van der Waals surface area contributed by atoms with Gasteiger partial charge in [-0.15, -0.1) is 0 Å². The second-order valence-corrected chi connectivity index (χ2v) is 5.20. The SMILES string of the molecule is C=C1CC1C1CCCC(C)CCC1. The Morgan fingerprint density at radius 1 is 1.08 bits per heavy atom. The van der Waals surface area contributed by atoms with Crippen molar-refractivity contribution in [1.29, 1.82) is 0 Å². The number of rotatable bonds is 1. The van der Waals surface area contributed by atoms with Crippen LogP contribution in [-0.2, 0) is 0 Å². The van der Waals surface area contributed by atoms with Crippen molar-refractivity contribution in [2.75, 3.05) is 0 Å². The molecule has 0 aromatic heterocycles. The van der Waals surface area contributed by atoms with Crippen LogP contribution in [0.4, 0.5) is 0 Å². The highest BCUT2D eigenvalue weighted by molar-refractivity contribution is 5.20. The zero-order chi connectivity index (χ0) is 9.26. The van der Waals surface area contributed by atoms with Crippen LogP contribution >= 0.6 is 0 Å². The van der Waals surface area contributed by atoms with Gasteiger partial charge >= 0.3 is 0 Å². The summed E-state index contributed by atoms with van der Waals surface area (Å²) in [6.07, 6.45) is 10.2. The lowest BCUT2D eigenvalue weighted by atomic mass is 9.84. The molecule has 2 saturated carbocycles. The van der Waals surface area contributed by atoms with E-state index < -0.39 is 0 Å². The largest absolute Gasteiger partial charge is 0.0995 e. The number of hydrogen-bond donors (Lipinski definition) is 0. The Morgan fingerprint density at radius 2 is 1.62 bits per heavy atom. The molecular formula is C13H22. The highest BCUT2D eigenvalue weighted by atomic mass is 14.4. The minimum Gasteiger partial charge on any atom is -0.0995 e. The van der Waals surface area contributed by atoms with Crippen molar-refractivity contribution < 1.29 is 0 Å². The summed E-state index contributed by atoms with van der Waals surface area (Å²) < 4.78 is 0. The molecule has 0 bridgehead atoms. The Bertz CT molecular complexity index is 182. The summed E-state index contributed by atoms with van der Waals surface area (Å²) >= 11 is 0. The topological polar surface area (TPSA) is 0 Å². The molecule has 1 atom stereocenters. The van der Waals surface area contributed by atoms with Gasteiger partial charge in [0.1, 0.15) is 0 Å². The van der Waals surface area contributed by atoms with Gasteiger partial charge in [0.05, 0.1) is 0 Å². The summed E-state index contributed by atoms with van der Waals surface area (Å²) in [6, 6.07) is 0. The van der Waals surface area contributed by atoms with Crippen molar-refractivity contribution in [2.45, 2.75) is 51.9 Å². The average Bonchev–Trinajstić information content (AvgIpc) is 2.75. The van der Waals surface area contributed by atoms with Crippen LogP contribution in [0.15, 0.2) is 12.2 Å². The van der Waals surface area contributed by atoms with E-state index >= 15 is 0 Å². The summed E-state index contributed by atoms with van der Waals surface area (Å²) in [5.74, 6) is 2.94. The van der Waals surface area contributed by atoms with Gasteiger partial charge in [-0.2, -0.15) is 0 Å². The minimum absolute atomic E-state index is 0.938. The molecule has 0 amide bonds. The van der Waals surface area contributed by atoms with E-state index in [0.29, 0.717) is 0 Å². The Kier molecular flexibility index (Phi) is 2.76. The zero-order valence-electron chi connectivity index (χ0n) is 8.89. The van der Waals surface area contributed by atoms with Gasteiger partial charge in [-0.1, -0.05) is 44.8 Å². The number of allylic oxidation sites excluding steroid dienone is 1. The monoisotopic (exact) mass is 178 g/mol. The van der Waals surface area contributed by atoms with Gasteiger partial charge in [0.15, 0.2) is 0 Å². The van der Waals surface area contributed by atoms with E-state index in [1.165, 1.54) is 44.9 Å². The van der Waals surface area contributed by atoms with Gasteiger partial charge in [0, 0.05) is 0 Å². The van der Waals surface area contributed by atoms with Crippen molar-refractivity contribution in [1.82, 2.24) is 0 Å². The smallest absolute Gasteiger partial charge is 0.0140 e. The summed E-state index contributed by atoms with van der Waals surface area (Å²) in [7, 11) is 0. The molecule has 1 unspecified atom stereocenters. The van der Waals surface area contributed by atoms with Gasteiger partial charge in [0.25, 0.3) is 0 Å². The molecule has 2 fully saturated rings. The maximum Gasteiger partial charge on any atom is -0.0140 e. The first kappa shape index (κ1) is 9.30. The maximum atomic E-state index is 4.09. The molecule has 2 aliphatic carbocycles. The molecule has 0 N–H and O–H groups in total. The zero-order valence-corrected chi connectivity index (χ0v) is 8.89. The molecule has 0 nitrogen and oxygen atoms in total. The Balaban J connectivity index is 1.81. The average molecular weight is 178 g/mol. The maximum absolute atomic E-state index is 4.09. The summed E-state index contributed by atoms with van der Waals surface area (Å²) in [5.41, 5.74) is 1.54. The van der Waals surface area contributed by atoms with Crippen molar-refractivity contribution in [3.63, 3.8) is 0 Å². The van der Waals surface area contributed by atoms with E-state index in [-0.39, 0.29) is 0 Å². The van der Waals surface area contributed by atoms with Gasteiger partial charge in [-0.25, -0.2) is 0 Å². The van der Waals surface area contributed by atoms with Crippen molar-refractivity contribution in [2.24, 2.45) is 17.8 Å². The van der Waals surface area contributed by atoms with Gasteiger partial charge in [-0.05, 0) is 37.0 Å². The quantitative estimate of drug-likeness (QED) is 0.529. The second-order valence-electron chi connectivity index (χ2n) is 5.20. The van der Waals surface area contributed by atoms with Crippen LogP contribution in [0.5, 0.6) is 0 Å². The third-order valence-electron chi connectivity index (χ3n) is 3.96. The third-order valence-corrected chi connectivity index (χ3v) is 3.96. The normalized spacial score (nSPS) is 41.0. The van der Waals surface area contributed by atoms with Crippen LogP contribution in [0.2, 0.25) is 0 Å². The molecule has 0 radical (unpaired) electrons.